The van der Waals surface area contributed by atoms with Gasteiger partial charge in [0.1, 0.15) is 6.29 Å². The number of thiophene rings is 1. The maximum atomic E-state index is 10.6. The van der Waals surface area contributed by atoms with Crippen LogP contribution in [0.3, 0.4) is 0 Å². The molecule has 0 saturated carbocycles. The van der Waals surface area contributed by atoms with Crippen molar-refractivity contribution < 1.29 is 4.79 Å². The van der Waals surface area contributed by atoms with E-state index in [1.165, 1.54) is 0 Å². The highest BCUT2D eigenvalue weighted by molar-refractivity contribution is 7.10. The lowest BCUT2D eigenvalue weighted by atomic mass is 9.91. The van der Waals surface area contributed by atoms with E-state index in [9.17, 15) is 4.79 Å². The zero-order chi connectivity index (χ0) is 9.19. The molecule has 0 unspecified atom stereocenters. The van der Waals surface area contributed by atoms with E-state index < -0.39 is 0 Å². The largest absolute Gasteiger partial charge is 0.303 e. The van der Waals surface area contributed by atoms with Crippen molar-refractivity contribution in [3.05, 3.63) is 21.3 Å². The number of rotatable bonds is 3. The molecule has 0 radical (unpaired) electrons. The quantitative estimate of drug-likeness (QED) is 0.689. The van der Waals surface area contributed by atoms with Crippen LogP contribution in [0.25, 0.3) is 0 Å². The second kappa shape index (κ2) is 3.58. The Kier molecular flexibility index (Phi) is 2.91. The van der Waals surface area contributed by atoms with Crippen LogP contribution in [0.4, 0.5) is 0 Å². The van der Waals surface area contributed by atoms with E-state index in [2.05, 4.69) is 0 Å². The van der Waals surface area contributed by atoms with Crippen LogP contribution in [-0.4, -0.2) is 6.29 Å². The Bertz CT molecular complexity index is 278. The molecule has 0 amide bonds. The highest BCUT2D eigenvalue weighted by Gasteiger charge is 2.19. The van der Waals surface area contributed by atoms with Gasteiger partial charge < -0.3 is 4.79 Å². The molecule has 0 N–H and O–H groups in total. The van der Waals surface area contributed by atoms with Crippen LogP contribution in [0.15, 0.2) is 11.4 Å². The van der Waals surface area contributed by atoms with E-state index in [0.717, 1.165) is 22.6 Å². The van der Waals surface area contributed by atoms with E-state index in [4.69, 9.17) is 11.6 Å². The third-order valence-electron chi connectivity index (χ3n) is 1.63. The summed E-state index contributed by atoms with van der Waals surface area (Å²) in [6.07, 6.45) is 1.70. The van der Waals surface area contributed by atoms with Crippen LogP contribution in [0, 0.1) is 5.41 Å². The van der Waals surface area contributed by atoms with Crippen molar-refractivity contribution in [2.24, 2.45) is 5.41 Å². The first-order valence-corrected chi connectivity index (χ1v) is 4.99. The Hall–Kier alpha value is -0.340. The summed E-state index contributed by atoms with van der Waals surface area (Å²) < 4.78 is 0. The molecule has 0 aliphatic rings. The molecule has 0 aliphatic heterocycles. The molecule has 1 nitrogen and oxygen atoms in total. The van der Waals surface area contributed by atoms with Crippen LogP contribution in [-0.2, 0) is 11.2 Å². The molecule has 3 heteroatoms. The molecule has 1 heterocycles. The first kappa shape index (κ1) is 9.75. The van der Waals surface area contributed by atoms with Gasteiger partial charge in [-0.3, -0.25) is 0 Å². The highest BCUT2D eigenvalue weighted by Crippen LogP contribution is 2.28. The Morgan fingerprint density at radius 2 is 2.33 bits per heavy atom. The molecule has 1 rings (SSSR count). The minimum absolute atomic E-state index is 0.297. The van der Waals surface area contributed by atoms with Gasteiger partial charge in [-0.2, -0.15) is 0 Å². The molecule has 0 aromatic carbocycles. The number of carbonyl (C=O) groups is 1. The van der Waals surface area contributed by atoms with Gasteiger partial charge in [-0.05, 0) is 17.9 Å². The summed E-state index contributed by atoms with van der Waals surface area (Å²) in [4.78, 5) is 11.7. The van der Waals surface area contributed by atoms with E-state index in [0.29, 0.717) is 0 Å². The van der Waals surface area contributed by atoms with Crippen molar-refractivity contribution in [1.82, 2.24) is 0 Å². The van der Waals surface area contributed by atoms with Gasteiger partial charge >= 0.3 is 0 Å². The number of halogens is 1. The standard InChI is InChI=1S/C9H11ClOS/c1-9(2,6-11)5-8-7(10)3-4-12-8/h3-4,6H,5H2,1-2H3. The number of carbonyl (C=O) groups excluding carboxylic acids is 1. The summed E-state index contributed by atoms with van der Waals surface area (Å²) in [5, 5.41) is 2.72. The minimum atomic E-state index is -0.297. The van der Waals surface area contributed by atoms with Crippen LogP contribution >= 0.6 is 22.9 Å². The first-order chi connectivity index (χ1) is 5.55. The second-order valence-electron chi connectivity index (χ2n) is 3.47. The van der Waals surface area contributed by atoms with E-state index >= 15 is 0 Å². The molecule has 0 aliphatic carbocycles. The fourth-order valence-electron chi connectivity index (χ4n) is 0.907. The lowest BCUT2D eigenvalue weighted by molar-refractivity contribution is -0.114. The van der Waals surface area contributed by atoms with Gasteiger partial charge in [0, 0.05) is 10.3 Å². The second-order valence-corrected chi connectivity index (χ2v) is 4.88. The zero-order valence-corrected chi connectivity index (χ0v) is 8.71. The molecule has 1 aromatic heterocycles. The number of hydrogen-bond donors (Lipinski definition) is 0. The van der Waals surface area contributed by atoms with Gasteiger partial charge in [0.2, 0.25) is 0 Å². The fraction of sp³-hybridized carbons (Fsp3) is 0.444. The third kappa shape index (κ3) is 2.32. The van der Waals surface area contributed by atoms with E-state index in [1.54, 1.807) is 11.3 Å². The average Bonchev–Trinajstić information content (AvgIpc) is 2.36. The normalized spacial score (nSPS) is 11.6. The maximum absolute atomic E-state index is 10.6. The summed E-state index contributed by atoms with van der Waals surface area (Å²) >= 11 is 7.50. The van der Waals surface area contributed by atoms with Crippen molar-refractivity contribution in [2.75, 3.05) is 0 Å². The van der Waals surface area contributed by atoms with Crippen molar-refractivity contribution in [1.29, 1.82) is 0 Å². The molecule has 0 atom stereocenters. The van der Waals surface area contributed by atoms with Gasteiger partial charge in [-0.1, -0.05) is 25.4 Å². The number of hydrogen-bond acceptors (Lipinski definition) is 2. The highest BCUT2D eigenvalue weighted by atomic mass is 35.5. The van der Waals surface area contributed by atoms with Crippen molar-refractivity contribution in [3.8, 4) is 0 Å². The summed E-state index contributed by atoms with van der Waals surface area (Å²) in [5.74, 6) is 0. The van der Waals surface area contributed by atoms with Gasteiger partial charge in [-0.15, -0.1) is 11.3 Å². The smallest absolute Gasteiger partial charge is 0.125 e. The lowest BCUT2D eigenvalue weighted by Gasteiger charge is -2.14. The van der Waals surface area contributed by atoms with Gasteiger partial charge in [0.25, 0.3) is 0 Å². The monoisotopic (exact) mass is 202 g/mol. The zero-order valence-electron chi connectivity index (χ0n) is 7.13. The van der Waals surface area contributed by atoms with Gasteiger partial charge in [0.05, 0.1) is 5.02 Å². The maximum Gasteiger partial charge on any atom is 0.125 e. The summed E-state index contributed by atoms with van der Waals surface area (Å²) in [7, 11) is 0. The van der Waals surface area contributed by atoms with Crippen molar-refractivity contribution >= 4 is 29.2 Å². The molecule has 66 valence electrons. The summed E-state index contributed by atoms with van der Waals surface area (Å²) in [6, 6.07) is 1.86. The average molecular weight is 203 g/mol. The first-order valence-electron chi connectivity index (χ1n) is 3.73. The predicted molar refractivity (Wildman–Crippen MR) is 52.9 cm³/mol. The topological polar surface area (TPSA) is 17.1 Å². The summed E-state index contributed by atoms with van der Waals surface area (Å²) in [5.41, 5.74) is -0.297. The molecule has 0 saturated heterocycles. The Morgan fingerprint density at radius 1 is 1.67 bits per heavy atom. The molecule has 0 bridgehead atoms. The molecular weight excluding hydrogens is 192 g/mol. The predicted octanol–water partition coefficient (Wildman–Crippen LogP) is 3.17. The molecular formula is C9H11ClOS. The Morgan fingerprint density at radius 3 is 2.75 bits per heavy atom. The van der Waals surface area contributed by atoms with Gasteiger partial charge in [-0.25, -0.2) is 0 Å². The van der Waals surface area contributed by atoms with E-state index in [1.807, 2.05) is 25.3 Å². The van der Waals surface area contributed by atoms with Crippen LogP contribution in [0.5, 0.6) is 0 Å². The third-order valence-corrected chi connectivity index (χ3v) is 3.01. The molecule has 0 fully saturated rings. The lowest BCUT2D eigenvalue weighted by Crippen LogP contribution is -2.15. The summed E-state index contributed by atoms with van der Waals surface area (Å²) in [6.45, 7) is 3.83. The van der Waals surface area contributed by atoms with Crippen LogP contribution in [0.2, 0.25) is 5.02 Å². The number of aldehydes is 1. The minimum Gasteiger partial charge on any atom is -0.303 e. The SMILES string of the molecule is CC(C)(C=O)Cc1sccc1Cl. The van der Waals surface area contributed by atoms with Crippen LogP contribution < -0.4 is 0 Å². The molecule has 12 heavy (non-hydrogen) atoms. The Balaban J connectivity index is 2.76. The molecule has 1 aromatic rings. The van der Waals surface area contributed by atoms with Crippen LogP contribution in [0.1, 0.15) is 18.7 Å². The van der Waals surface area contributed by atoms with Crippen molar-refractivity contribution in [3.63, 3.8) is 0 Å². The fourth-order valence-corrected chi connectivity index (χ4v) is 2.25. The van der Waals surface area contributed by atoms with E-state index in [-0.39, 0.29) is 5.41 Å². The van der Waals surface area contributed by atoms with Gasteiger partial charge in [0.15, 0.2) is 0 Å². The Labute approximate surface area is 81.4 Å². The van der Waals surface area contributed by atoms with Crippen molar-refractivity contribution in [2.45, 2.75) is 20.3 Å². The molecule has 0 spiro atoms.